The first kappa shape index (κ1) is 13.9. The van der Waals surface area contributed by atoms with Crippen LogP contribution in [0.5, 0.6) is 0 Å². The minimum Gasteiger partial charge on any atom is -0.393 e. The third-order valence-corrected chi connectivity index (χ3v) is 2.45. The smallest absolute Gasteiger partial charge is 0.190 e. The number of ether oxygens (including phenoxy) is 2. The highest BCUT2D eigenvalue weighted by Crippen LogP contribution is 2.26. The summed E-state index contributed by atoms with van der Waals surface area (Å²) in [6, 6.07) is 0. The molecule has 1 fully saturated rings. The quantitative estimate of drug-likeness (QED) is 0.454. The number of aliphatic hydroxyl groups excluding tert-OH is 1. The van der Waals surface area contributed by atoms with E-state index < -0.39 is 24.1 Å². The molecule has 96 valence electrons. The zero-order chi connectivity index (χ0) is 13.1. The van der Waals surface area contributed by atoms with Crippen LogP contribution in [0.4, 0.5) is 0 Å². The molecule has 7 heteroatoms. The van der Waals surface area contributed by atoms with E-state index in [-0.39, 0.29) is 18.7 Å². The molecule has 1 aliphatic rings. The fraction of sp³-hybridized carbons (Fsp3) is 0.900. The largest absolute Gasteiger partial charge is 0.393 e. The van der Waals surface area contributed by atoms with E-state index in [1.54, 1.807) is 20.8 Å². The lowest BCUT2D eigenvalue weighted by Crippen LogP contribution is -2.51. The molecule has 1 aliphatic heterocycles. The van der Waals surface area contributed by atoms with Crippen molar-refractivity contribution in [3.8, 4) is 0 Å². The molecule has 0 radical (unpaired) electrons. The molecule has 0 saturated carbocycles. The summed E-state index contributed by atoms with van der Waals surface area (Å²) in [7, 11) is 0. The zero-order valence-electron chi connectivity index (χ0n) is 10.2. The van der Waals surface area contributed by atoms with Gasteiger partial charge < -0.3 is 14.6 Å². The van der Waals surface area contributed by atoms with Gasteiger partial charge in [0, 0.05) is 11.3 Å². The highest BCUT2D eigenvalue weighted by molar-refractivity contribution is 5.87. The molecule has 0 bridgehead atoms. The Hall–Kier alpha value is -1.14. The van der Waals surface area contributed by atoms with Gasteiger partial charge in [0.05, 0.1) is 12.6 Å². The van der Waals surface area contributed by atoms with Crippen LogP contribution >= 0.6 is 0 Å². The molecular formula is C10H17N3O4. The zero-order valence-corrected chi connectivity index (χ0v) is 10.2. The molecule has 0 aromatic carbocycles. The molecule has 7 nitrogen and oxygen atoms in total. The highest BCUT2D eigenvalue weighted by Gasteiger charge is 2.40. The maximum Gasteiger partial charge on any atom is 0.190 e. The van der Waals surface area contributed by atoms with Gasteiger partial charge in [-0.1, -0.05) is 5.11 Å². The van der Waals surface area contributed by atoms with E-state index in [2.05, 4.69) is 10.0 Å². The van der Waals surface area contributed by atoms with Crippen LogP contribution in [0.15, 0.2) is 5.11 Å². The van der Waals surface area contributed by atoms with E-state index in [0.717, 1.165) is 0 Å². The molecule has 17 heavy (non-hydrogen) atoms. The average molecular weight is 243 g/mol. The normalized spacial score (nSPS) is 29.5. The minimum absolute atomic E-state index is 0.0701. The fourth-order valence-electron chi connectivity index (χ4n) is 1.79. The van der Waals surface area contributed by atoms with Gasteiger partial charge in [-0.05, 0) is 26.3 Å². The number of rotatable bonds is 4. The van der Waals surface area contributed by atoms with Crippen LogP contribution in [0.2, 0.25) is 0 Å². The van der Waals surface area contributed by atoms with Gasteiger partial charge in [0.1, 0.15) is 12.2 Å². The van der Waals surface area contributed by atoms with Crippen molar-refractivity contribution >= 4 is 5.78 Å². The van der Waals surface area contributed by atoms with Crippen LogP contribution < -0.4 is 0 Å². The number of hydrogen-bond donors (Lipinski definition) is 1. The average Bonchev–Trinajstić information content (AvgIpc) is 2.21. The number of Topliss-reactive ketones (excluding diaryl/α,β-unsaturated/α-hetero) is 1. The van der Waals surface area contributed by atoms with Crippen molar-refractivity contribution in [2.24, 2.45) is 5.11 Å². The number of carbonyl (C=O) groups excluding carboxylic acids is 1. The first-order chi connectivity index (χ1) is 7.85. The molecule has 1 heterocycles. The van der Waals surface area contributed by atoms with E-state index in [1.807, 2.05) is 0 Å². The summed E-state index contributed by atoms with van der Waals surface area (Å²) >= 11 is 0. The van der Waals surface area contributed by atoms with E-state index in [4.69, 9.17) is 15.0 Å². The summed E-state index contributed by atoms with van der Waals surface area (Å²) in [4.78, 5) is 14.3. The van der Waals surface area contributed by atoms with Crippen molar-refractivity contribution in [3.05, 3.63) is 10.4 Å². The maximum absolute atomic E-state index is 11.8. The second kappa shape index (κ2) is 5.46. The van der Waals surface area contributed by atoms with Gasteiger partial charge in [-0.25, -0.2) is 0 Å². The summed E-state index contributed by atoms with van der Waals surface area (Å²) in [6.45, 7) is 5.00. The number of aliphatic hydroxyl groups is 1. The summed E-state index contributed by atoms with van der Waals surface area (Å²) in [5.74, 6) is -1.06. The maximum atomic E-state index is 11.8. The van der Waals surface area contributed by atoms with Gasteiger partial charge in [-0.3, -0.25) is 4.79 Å². The van der Waals surface area contributed by atoms with E-state index >= 15 is 0 Å². The van der Waals surface area contributed by atoms with Crippen LogP contribution in [-0.4, -0.2) is 41.5 Å². The molecule has 0 aromatic heterocycles. The molecule has 1 saturated heterocycles. The molecule has 0 aromatic rings. The molecule has 1 N–H and O–H groups in total. The Morgan fingerprint density at radius 2 is 2.24 bits per heavy atom. The lowest BCUT2D eigenvalue weighted by molar-refractivity contribution is -0.279. The van der Waals surface area contributed by atoms with Gasteiger partial charge in [-0.15, -0.1) is 0 Å². The van der Waals surface area contributed by atoms with Crippen molar-refractivity contribution < 1.29 is 19.4 Å². The van der Waals surface area contributed by atoms with E-state index in [0.29, 0.717) is 0 Å². The predicted molar refractivity (Wildman–Crippen MR) is 59.1 cm³/mol. The molecule has 0 amide bonds. The summed E-state index contributed by atoms with van der Waals surface area (Å²) in [5, 5.41) is 12.8. The molecule has 0 aliphatic carbocycles. The lowest BCUT2D eigenvalue weighted by Gasteiger charge is -2.38. The third kappa shape index (κ3) is 3.98. The highest BCUT2D eigenvalue weighted by atomic mass is 16.7. The van der Waals surface area contributed by atoms with Gasteiger partial charge in [-0.2, -0.15) is 0 Å². The first-order valence-electron chi connectivity index (χ1n) is 5.44. The van der Waals surface area contributed by atoms with E-state index in [1.165, 1.54) is 0 Å². The third-order valence-electron chi connectivity index (χ3n) is 2.45. The summed E-state index contributed by atoms with van der Waals surface area (Å²) in [6.07, 6.45) is -2.07. The molecule has 3 atom stereocenters. The van der Waals surface area contributed by atoms with Crippen LogP contribution in [-0.2, 0) is 14.3 Å². The Kier molecular flexibility index (Phi) is 4.47. The number of hydrogen-bond acceptors (Lipinski definition) is 5. The van der Waals surface area contributed by atoms with Crippen LogP contribution in [0.3, 0.4) is 0 Å². The monoisotopic (exact) mass is 243 g/mol. The fourth-order valence-corrected chi connectivity index (χ4v) is 1.79. The Labute approximate surface area is 99.3 Å². The second-order valence-corrected chi connectivity index (χ2v) is 4.47. The van der Waals surface area contributed by atoms with Crippen molar-refractivity contribution in [2.75, 3.05) is 6.54 Å². The van der Waals surface area contributed by atoms with Gasteiger partial charge in [0.25, 0.3) is 0 Å². The minimum atomic E-state index is -0.888. The van der Waals surface area contributed by atoms with Crippen molar-refractivity contribution in [2.45, 2.75) is 51.3 Å². The molecule has 1 rings (SSSR count). The number of nitrogens with zero attached hydrogens (tertiary/aromatic N) is 3. The van der Waals surface area contributed by atoms with Crippen molar-refractivity contribution in [1.29, 1.82) is 0 Å². The number of carbonyl (C=O) groups is 1. The molecular weight excluding hydrogens is 226 g/mol. The number of ketones is 1. The van der Waals surface area contributed by atoms with Crippen LogP contribution in [0.25, 0.3) is 10.4 Å². The Morgan fingerprint density at radius 3 is 2.82 bits per heavy atom. The van der Waals surface area contributed by atoms with Crippen LogP contribution in [0, 0.1) is 0 Å². The summed E-state index contributed by atoms with van der Waals surface area (Å²) in [5.41, 5.74) is 8.13. The van der Waals surface area contributed by atoms with Gasteiger partial charge >= 0.3 is 0 Å². The SMILES string of the molecule is C[C@@H]1OC(C)(C)O[C@@H](C[C@@H](O)CN=[N+]=[N-])C1=O. The Bertz CT molecular complexity index is 338. The van der Waals surface area contributed by atoms with Crippen LogP contribution in [0.1, 0.15) is 27.2 Å². The molecule has 0 spiro atoms. The van der Waals surface area contributed by atoms with E-state index in [9.17, 15) is 9.90 Å². The van der Waals surface area contributed by atoms with Gasteiger partial charge in [0.15, 0.2) is 11.6 Å². The van der Waals surface area contributed by atoms with Crippen molar-refractivity contribution in [3.63, 3.8) is 0 Å². The second-order valence-electron chi connectivity index (χ2n) is 4.47. The van der Waals surface area contributed by atoms with Gasteiger partial charge in [0.2, 0.25) is 0 Å². The molecule has 0 unspecified atom stereocenters. The summed E-state index contributed by atoms with van der Waals surface area (Å²) < 4.78 is 10.8. The lowest BCUT2D eigenvalue weighted by atomic mass is 10.0. The Balaban J connectivity index is 2.62. The Morgan fingerprint density at radius 1 is 1.59 bits per heavy atom. The first-order valence-corrected chi connectivity index (χ1v) is 5.44. The predicted octanol–water partition coefficient (Wildman–Crippen LogP) is 1.16. The topological polar surface area (TPSA) is 105 Å². The number of azide groups is 1. The van der Waals surface area contributed by atoms with Crippen molar-refractivity contribution in [1.82, 2.24) is 0 Å². The standard InChI is InChI=1S/C10H17N3O4/c1-6-9(15)8(17-10(2,3)16-6)4-7(14)5-12-13-11/h6-8,14H,4-5H2,1-3H3/t6-,7+,8-/m0/s1.